The van der Waals surface area contributed by atoms with E-state index in [-0.39, 0.29) is 6.04 Å². The van der Waals surface area contributed by atoms with Crippen molar-refractivity contribution in [2.24, 2.45) is 14.1 Å². The van der Waals surface area contributed by atoms with Crippen LogP contribution in [0, 0.1) is 6.92 Å². The Bertz CT molecular complexity index is 1520. The van der Waals surface area contributed by atoms with Crippen LogP contribution in [0.2, 0.25) is 0 Å². The van der Waals surface area contributed by atoms with Gasteiger partial charge in [-0.05, 0) is 30.7 Å². The molecule has 194 valence electrons. The number of benzene rings is 2. The number of ketones is 1. The van der Waals surface area contributed by atoms with Crippen molar-refractivity contribution in [3.05, 3.63) is 72.3 Å². The number of ether oxygens (including phenoxy) is 1. The van der Waals surface area contributed by atoms with Gasteiger partial charge in [-0.1, -0.05) is 30.3 Å². The molecule has 1 fully saturated rings. The van der Waals surface area contributed by atoms with E-state index in [9.17, 15) is 9.59 Å². The molecule has 10 nitrogen and oxygen atoms in total. The largest absolute Gasteiger partial charge is 0.489 e. The van der Waals surface area contributed by atoms with Crippen molar-refractivity contribution in [1.29, 1.82) is 0 Å². The van der Waals surface area contributed by atoms with Crippen molar-refractivity contribution in [2.75, 3.05) is 41.4 Å². The number of anilines is 3. The van der Waals surface area contributed by atoms with Crippen LogP contribution in [0.3, 0.4) is 0 Å². The number of hydrogen-bond donors (Lipinski definition) is 1. The molecule has 1 amide bonds. The van der Waals surface area contributed by atoms with Crippen molar-refractivity contribution in [2.45, 2.75) is 13.0 Å². The van der Waals surface area contributed by atoms with E-state index in [1.807, 2.05) is 62.5 Å². The topological polar surface area (TPSA) is 97.5 Å². The summed E-state index contributed by atoms with van der Waals surface area (Å²) in [6, 6.07) is 17.3. The van der Waals surface area contributed by atoms with Crippen LogP contribution in [-0.2, 0) is 18.9 Å². The third kappa shape index (κ3) is 4.17. The molecule has 4 heterocycles. The molecule has 2 aromatic heterocycles. The molecule has 0 bridgehead atoms. The van der Waals surface area contributed by atoms with Gasteiger partial charge in [0.05, 0.1) is 11.7 Å². The third-order valence-corrected chi connectivity index (χ3v) is 7.29. The number of aryl methyl sites for hydroxylation is 2. The van der Waals surface area contributed by atoms with Gasteiger partial charge in [-0.25, -0.2) is 4.98 Å². The monoisotopic (exact) mass is 511 g/mol. The second-order valence-electron chi connectivity index (χ2n) is 9.76. The van der Waals surface area contributed by atoms with Crippen LogP contribution in [-0.4, -0.2) is 63.3 Å². The van der Waals surface area contributed by atoms with Gasteiger partial charge in [0, 0.05) is 56.7 Å². The lowest BCUT2D eigenvalue weighted by molar-refractivity contribution is -0.112. The molecular formula is C28H29N7O3. The SMILES string of the molecule is Cc1cc(-c2ccccc2)c(C(=O)C(=O)Nc2ccc3c(c2)OCC2CN(c4ncn(C)n4)CCN32)n1C. The highest BCUT2D eigenvalue weighted by Crippen LogP contribution is 2.38. The average Bonchev–Trinajstić information content (AvgIpc) is 3.50. The second-order valence-corrected chi connectivity index (χ2v) is 9.76. The van der Waals surface area contributed by atoms with Crippen LogP contribution in [0.1, 0.15) is 16.2 Å². The summed E-state index contributed by atoms with van der Waals surface area (Å²) < 4.78 is 9.56. The zero-order valence-electron chi connectivity index (χ0n) is 21.6. The Balaban J connectivity index is 1.18. The third-order valence-electron chi connectivity index (χ3n) is 7.29. The highest BCUT2D eigenvalue weighted by molar-refractivity contribution is 6.47. The van der Waals surface area contributed by atoms with Crippen LogP contribution in [0.5, 0.6) is 5.75 Å². The quantitative estimate of drug-likeness (QED) is 0.325. The van der Waals surface area contributed by atoms with E-state index in [4.69, 9.17) is 4.74 Å². The number of hydrogen-bond acceptors (Lipinski definition) is 7. The predicted molar refractivity (Wildman–Crippen MR) is 145 cm³/mol. The van der Waals surface area contributed by atoms with E-state index in [2.05, 4.69) is 25.2 Å². The maximum atomic E-state index is 13.3. The molecule has 2 aliphatic rings. The number of piperazine rings is 1. The molecule has 38 heavy (non-hydrogen) atoms. The molecule has 1 atom stereocenters. The van der Waals surface area contributed by atoms with Crippen LogP contribution < -0.4 is 19.9 Å². The van der Waals surface area contributed by atoms with Gasteiger partial charge >= 0.3 is 0 Å². The summed E-state index contributed by atoms with van der Waals surface area (Å²) in [6.45, 7) is 4.79. The number of aromatic nitrogens is 4. The summed E-state index contributed by atoms with van der Waals surface area (Å²) in [4.78, 5) is 35.3. The van der Waals surface area contributed by atoms with Crippen LogP contribution in [0.25, 0.3) is 11.1 Å². The van der Waals surface area contributed by atoms with Crippen molar-refractivity contribution < 1.29 is 14.3 Å². The van der Waals surface area contributed by atoms with Gasteiger partial charge < -0.3 is 24.4 Å². The molecule has 0 radical (unpaired) electrons. The van der Waals surface area contributed by atoms with E-state index in [1.54, 1.807) is 28.7 Å². The molecule has 2 aromatic carbocycles. The fraction of sp³-hybridized carbons (Fsp3) is 0.286. The average molecular weight is 512 g/mol. The lowest BCUT2D eigenvalue weighted by Crippen LogP contribution is -2.57. The van der Waals surface area contributed by atoms with Gasteiger partial charge in [0.1, 0.15) is 24.4 Å². The minimum Gasteiger partial charge on any atom is -0.489 e. The van der Waals surface area contributed by atoms with Crippen molar-refractivity contribution in [3.63, 3.8) is 0 Å². The second kappa shape index (κ2) is 9.37. The number of carbonyl (C=O) groups excluding carboxylic acids is 2. The number of nitrogens with one attached hydrogen (secondary N) is 1. The summed E-state index contributed by atoms with van der Waals surface area (Å²) in [5.41, 5.74) is 4.39. The molecular weight excluding hydrogens is 482 g/mol. The summed E-state index contributed by atoms with van der Waals surface area (Å²) in [6.07, 6.45) is 1.70. The first-order valence-electron chi connectivity index (χ1n) is 12.6. The lowest BCUT2D eigenvalue weighted by Gasteiger charge is -2.45. The number of Topliss-reactive ketones (excluding diaryl/α,β-unsaturated/α-hetero) is 1. The Morgan fingerprint density at radius 2 is 1.87 bits per heavy atom. The van der Waals surface area contributed by atoms with Crippen LogP contribution in [0.4, 0.5) is 17.3 Å². The molecule has 6 rings (SSSR count). The Morgan fingerprint density at radius 1 is 1.05 bits per heavy atom. The first kappa shape index (κ1) is 23.8. The highest BCUT2D eigenvalue weighted by Gasteiger charge is 2.34. The summed E-state index contributed by atoms with van der Waals surface area (Å²) in [7, 11) is 3.66. The van der Waals surface area contributed by atoms with Gasteiger partial charge in [-0.2, -0.15) is 0 Å². The fourth-order valence-electron chi connectivity index (χ4n) is 5.24. The highest BCUT2D eigenvalue weighted by atomic mass is 16.5. The molecule has 1 N–H and O–H groups in total. The van der Waals surface area contributed by atoms with Crippen molar-refractivity contribution >= 4 is 29.0 Å². The standard InChI is InChI=1S/C28H29N7O3/c1-18-13-22(19-7-5-4-6-8-19)25(33(18)3)26(36)27(37)30-20-9-10-23-24(14-20)38-16-21-15-34(11-12-35(21)23)28-29-17-32(2)31-28/h4-10,13-14,17,21H,11-12,15-16H2,1-3H3,(H,30,37). The summed E-state index contributed by atoms with van der Waals surface area (Å²) in [5.74, 6) is 0.144. The summed E-state index contributed by atoms with van der Waals surface area (Å²) >= 11 is 0. The smallest absolute Gasteiger partial charge is 0.298 e. The van der Waals surface area contributed by atoms with Crippen molar-refractivity contribution in [1.82, 2.24) is 19.3 Å². The maximum Gasteiger partial charge on any atom is 0.298 e. The minimum absolute atomic E-state index is 0.166. The van der Waals surface area contributed by atoms with Gasteiger partial charge in [0.2, 0.25) is 5.95 Å². The summed E-state index contributed by atoms with van der Waals surface area (Å²) in [5, 5.41) is 7.20. The lowest BCUT2D eigenvalue weighted by atomic mass is 10.0. The Kier molecular flexibility index (Phi) is 5.86. The number of fused-ring (bicyclic) bond motifs is 3. The minimum atomic E-state index is -0.687. The fourth-order valence-corrected chi connectivity index (χ4v) is 5.24. The van der Waals surface area contributed by atoms with Gasteiger partial charge in [-0.3, -0.25) is 14.3 Å². The first-order valence-corrected chi connectivity index (χ1v) is 12.6. The van der Waals surface area contributed by atoms with E-state index < -0.39 is 11.7 Å². The maximum absolute atomic E-state index is 13.3. The normalized spacial score (nSPS) is 16.4. The van der Waals surface area contributed by atoms with E-state index in [0.717, 1.165) is 48.1 Å². The Morgan fingerprint density at radius 3 is 2.63 bits per heavy atom. The molecule has 0 aliphatic carbocycles. The van der Waals surface area contributed by atoms with Gasteiger partial charge in [0.25, 0.3) is 11.7 Å². The van der Waals surface area contributed by atoms with E-state index >= 15 is 0 Å². The first-order chi connectivity index (χ1) is 18.4. The van der Waals surface area contributed by atoms with E-state index in [0.29, 0.717) is 23.7 Å². The molecule has 1 unspecified atom stereocenters. The number of rotatable bonds is 5. The van der Waals surface area contributed by atoms with E-state index in [1.165, 1.54) is 0 Å². The molecule has 4 aromatic rings. The zero-order valence-corrected chi connectivity index (χ0v) is 21.6. The zero-order chi connectivity index (χ0) is 26.4. The van der Waals surface area contributed by atoms with Gasteiger partial charge in [0.15, 0.2) is 0 Å². The van der Waals surface area contributed by atoms with Crippen LogP contribution in [0.15, 0.2) is 60.9 Å². The van der Waals surface area contributed by atoms with Crippen LogP contribution >= 0.6 is 0 Å². The predicted octanol–water partition coefficient (Wildman–Crippen LogP) is 3.04. The number of carbonyl (C=O) groups is 2. The molecule has 2 aliphatic heterocycles. The molecule has 0 spiro atoms. The number of nitrogens with zero attached hydrogens (tertiary/aromatic N) is 6. The Hall–Kier alpha value is -4.60. The number of amides is 1. The molecule has 0 saturated carbocycles. The van der Waals surface area contributed by atoms with Crippen molar-refractivity contribution in [3.8, 4) is 16.9 Å². The molecule has 10 heteroatoms. The molecule has 1 saturated heterocycles. The van der Waals surface area contributed by atoms with Gasteiger partial charge in [-0.15, -0.1) is 5.10 Å². The Labute approximate surface area is 220 Å².